The third kappa shape index (κ3) is 6.38. The van der Waals surface area contributed by atoms with Crippen LogP contribution in [0.5, 0.6) is 0 Å². The van der Waals surface area contributed by atoms with Gasteiger partial charge in [0.2, 0.25) is 5.91 Å². The summed E-state index contributed by atoms with van der Waals surface area (Å²) in [6.45, 7) is 0.796. The van der Waals surface area contributed by atoms with E-state index in [2.05, 4.69) is 15.4 Å². The van der Waals surface area contributed by atoms with Crippen LogP contribution in [0.25, 0.3) is 0 Å². The summed E-state index contributed by atoms with van der Waals surface area (Å²) in [5.74, 6) is 0.486. The Labute approximate surface area is 202 Å². The number of thioether (sulfide) groups is 1. The molecule has 0 aromatic heterocycles. The van der Waals surface area contributed by atoms with Gasteiger partial charge in [-0.05, 0) is 36.4 Å². The first-order chi connectivity index (χ1) is 16.6. The van der Waals surface area contributed by atoms with Crippen molar-refractivity contribution in [1.29, 1.82) is 0 Å². The Morgan fingerprint density at radius 1 is 1.17 bits per heavy atom. The van der Waals surface area contributed by atoms with Crippen LogP contribution in [-0.4, -0.2) is 69.5 Å². The summed E-state index contributed by atoms with van der Waals surface area (Å²) >= 11 is 1.09. The summed E-state index contributed by atoms with van der Waals surface area (Å²) in [6, 6.07) is 6.78. The molecule has 5 atom stereocenters. The lowest BCUT2D eigenvalue weighted by Crippen LogP contribution is -2.56. The number of halogens is 3. The number of nitrogens with two attached hydrogens (primary N) is 1. The van der Waals surface area contributed by atoms with Crippen molar-refractivity contribution in [2.24, 2.45) is 15.9 Å². The Morgan fingerprint density at radius 3 is 2.34 bits per heavy atom. The molecule has 1 saturated heterocycles. The van der Waals surface area contributed by atoms with Crippen molar-refractivity contribution >= 4 is 35.3 Å². The number of aliphatic hydroxyl groups is 3. The number of hydrogen-bond donors (Lipinski definition) is 5. The number of amides is 1. The van der Waals surface area contributed by atoms with Gasteiger partial charge in [0.25, 0.3) is 0 Å². The van der Waals surface area contributed by atoms with Crippen molar-refractivity contribution in [3.63, 3.8) is 0 Å². The largest absolute Gasteiger partial charge is 0.394 e. The molecule has 1 amide bonds. The van der Waals surface area contributed by atoms with E-state index in [1.165, 1.54) is 6.92 Å². The summed E-state index contributed by atoms with van der Waals surface area (Å²) in [7, 11) is 0. The number of nitrogens with one attached hydrogen (secondary N) is 1. The van der Waals surface area contributed by atoms with Gasteiger partial charge in [-0.3, -0.25) is 9.79 Å². The summed E-state index contributed by atoms with van der Waals surface area (Å²) in [5, 5.41) is 37.0. The van der Waals surface area contributed by atoms with Gasteiger partial charge in [-0.25, -0.2) is 13.2 Å². The first-order valence-electron chi connectivity index (χ1n) is 10.3. The number of hydrazone groups is 1. The summed E-state index contributed by atoms with van der Waals surface area (Å²) in [4.78, 5) is 15.9. The normalized spacial score (nSPS) is 25.1. The smallest absolute Gasteiger partial charge is 0.221 e. The molecule has 2 aromatic carbocycles. The third-order valence-electron chi connectivity index (χ3n) is 5.06. The van der Waals surface area contributed by atoms with Crippen LogP contribution >= 0.6 is 11.8 Å². The molecule has 1 aliphatic rings. The minimum Gasteiger partial charge on any atom is -0.394 e. The Balaban J connectivity index is 1.81. The number of carbonyl (C=O) groups is 1. The van der Waals surface area contributed by atoms with Gasteiger partial charge in [-0.2, -0.15) is 5.10 Å². The van der Waals surface area contributed by atoms with Crippen LogP contribution in [0.15, 0.2) is 51.4 Å². The Kier molecular flexibility index (Phi) is 8.86. The molecule has 2 aromatic rings. The van der Waals surface area contributed by atoms with Crippen LogP contribution < -0.4 is 11.2 Å². The van der Waals surface area contributed by atoms with Gasteiger partial charge in [0, 0.05) is 29.3 Å². The van der Waals surface area contributed by atoms with Gasteiger partial charge in [-0.15, -0.1) is 0 Å². The maximum atomic E-state index is 13.6. The molecule has 0 saturated carbocycles. The van der Waals surface area contributed by atoms with Gasteiger partial charge >= 0.3 is 0 Å². The van der Waals surface area contributed by atoms with Gasteiger partial charge in [0.15, 0.2) is 17.5 Å². The highest BCUT2D eigenvalue weighted by Crippen LogP contribution is 2.35. The summed E-state index contributed by atoms with van der Waals surface area (Å²) in [6.07, 6.45) is -2.95. The van der Waals surface area contributed by atoms with Crippen molar-refractivity contribution in [3.05, 3.63) is 59.4 Å². The number of benzene rings is 2. The highest BCUT2D eigenvalue weighted by molar-refractivity contribution is 7.99. The second kappa shape index (κ2) is 11.6. The topological polar surface area (TPSA) is 150 Å². The standard InChI is InChI=1S/C22H23F3N4O5S/c1-10(31)28-12-2-4-13(5-3-12)35-22-21(33)19(20(32)17(9-30)34-22)27-8-16(29-26)11-6-14(23)18(25)15(24)7-11/h2-8,17,19-22,30,32-33H,9,26H2,1H3,(H,28,31)/t17?,19?,20-,21+,22+/m0/s1. The second-order valence-electron chi connectivity index (χ2n) is 7.57. The highest BCUT2D eigenvalue weighted by atomic mass is 32.2. The minimum absolute atomic E-state index is 0.215. The average molecular weight is 513 g/mol. The van der Waals surface area contributed by atoms with Crippen molar-refractivity contribution in [3.8, 4) is 0 Å². The van der Waals surface area contributed by atoms with E-state index < -0.39 is 53.8 Å². The van der Waals surface area contributed by atoms with Crippen molar-refractivity contribution in [2.75, 3.05) is 11.9 Å². The maximum absolute atomic E-state index is 13.6. The molecule has 0 bridgehead atoms. The van der Waals surface area contributed by atoms with Crippen LogP contribution in [-0.2, 0) is 9.53 Å². The van der Waals surface area contributed by atoms with E-state index in [4.69, 9.17) is 10.6 Å². The number of hydrogen-bond acceptors (Lipinski definition) is 9. The molecule has 1 heterocycles. The molecule has 188 valence electrons. The zero-order valence-corrected chi connectivity index (χ0v) is 19.1. The Morgan fingerprint density at radius 2 is 1.80 bits per heavy atom. The van der Waals surface area contributed by atoms with Crippen molar-refractivity contribution in [2.45, 2.75) is 41.6 Å². The molecule has 3 rings (SSSR count). The SMILES string of the molecule is CC(=O)Nc1ccc(S[C@H]2OC(CO)[C@H](O)C(N=CC(=NN)c3cc(F)c(F)c(F)c3)[C@H]2O)cc1. The lowest BCUT2D eigenvalue weighted by Gasteiger charge is -2.40. The van der Waals surface area contributed by atoms with Crippen LogP contribution in [0.4, 0.5) is 18.9 Å². The van der Waals surface area contributed by atoms with Crippen molar-refractivity contribution in [1.82, 2.24) is 0 Å². The fraction of sp³-hybridized carbons (Fsp3) is 0.318. The van der Waals surface area contributed by atoms with Crippen LogP contribution in [0.2, 0.25) is 0 Å². The molecule has 1 fully saturated rings. The van der Waals surface area contributed by atoms with Gasteiger partial charge in [0.1, 0.15) is 35.5 Å². The third-order valence-corrected chi connectivity index (χ3v) is 6.23. The predicted molar refractivity (Wildman–Crippen MR) is 124 cm³/mol. The quantitative estimate of drug-likeness (QED) is 0.163. The molecule has 35 heavy (non-hydrogen) atoms. The zero-order chi connectivity index (χ0) is 25.7. The lowest BCUT2D eigenvalue weighted by molar-refractivity contribution is -0.159. The van der Waals surface area contributed by atoms with E-state index in [0.29, 0.717) is 22.7 Å². The number of anilines is 1. The fourth-order valence-corrected chi connectivity index (χ4v) is 4.40. The van der Waals surface area contributed by atoms with E-state index in [-0.39, 0.29) is 17.2 Å². The number of aliphatic imine (C=N–C) groups is 1. The molecule has 1 aliphatic heterocycles. The van der Waals surface area contributed by atoms with Crippen molar-refractivity contribution < 1.29 is 38.0 Å². The van der Waals surface area contributed by atoms with Gasteiger partial charge in [-0.1, -0.05) is 11.8 Å². The number of nitrogens with zero attached hydrogens (tertiary/aromatic N) is 2. The van der Waals surface area contributed by atoms with Gasteiger partial charge in [0.05, 0.1) is 6.61 Å². The number of rotatable bonds is 7. The summed E-state index contributed by atoms with van der Waals surface area (Å²) in [5.41, 5.74) is -0.858. The minimum atomic E-state index is -1.66. The molecule has 0 aliphatic carbocycles. The van der Waals surface area contributed by atoms with E-state index in [1.54, 1.807) is 24.3 Å². The first kappa shape index (κ1) is 26.6. The molecule has 0 radical (unpaired) electrons. The van der Waals surface area contributed by atoms with Gasteiger partial charge < -0.3 is 31.2 Å². The van der Waals surface area contributed by atoms with Crippen LogP contribution in [0.1, 0.15) is 12.5 Å². The van der Waals surface area contributed by atoms with E-state index in [9.17, 15) is 33.3 Å². The average Bonchev–Trinajstić information content (AvgIpc) is 2.82. The fourth-order valence-electron chi connectivity index (χ4n) is 3.34. The molecular formula is C22H23F3N4O5S. The molecule has 6 N–H and O–H groups in total. The molecule has 9 nitrogen and oxygen atoms in total. The van der Waals surface area contributed by atoms with Crippen LogP contribution in [0, 0.1) is 17.5 Å². The maximum Gasteiger partial charge on any atom is 0.221 e. The molecule has 13 heteroatoms. The molecular weight excluding hydrogens is 489 g/mol. The monoisotopic (exact) mass is 512 g/mol. The van der Waals surface area contributed by atoms with E-state index in [1.807, 2.05) is 0 Å². The predicted octanol–water partition coefficient (Wildman–Crippen LogP) is 1.40. The Hall–Kier alpha value is -2.97. The van der Waals surface area contributed by atoms with E-state index in [0.717, 1.165) is 18.0 Å². The first-order valence-corrected chi connectivity index (χ1v) is 11.1. The molecule has 2 unspecified atom stereocenters. The zero-order valence-electron chi connectivity index (χ0n) is 18.3. The lowest BCUT2D eigenvalue weighted by atomic mass is 9.98. The number of ether oxygens (including phenoxy) is 1. The second-order valence-corrected chi connectivity index (χ2v) is 8.74. The highest BCUT2D eigenvalue weighted by Gasteiger charge is 2.44. The Bertz CT molecular complexity index is 1100. The number of aliphatic hydroxyl groups excluding tert-OH is 3. The number of carbonyl (C=O) groups excluding carboxylic acids is 1. The van der Waals surface area contributed by atoms with Crippen LogP contribution in [0.3, 0.4) is 0 Å². The summed E-state index contributed by atoms with van der Waals surface area (Å²) < 4.78 is 46.1. The molecule has 0 spiro atoms. The van der Waals surface area contributed by atoms with E-state index >= 15 is 0 Å².